The molecule has 1 nitrogen and oxygen atoms in total. The van der Waals surface area contributed by atoms with Crippen molar-refractivity contribution >= 4 is 0 Å². The van der Waals surface area contributed by atoms with Crippen LogP contribution in [0.15, 0.2) is 18.2 Å². The van der Waals surface area contributed by atoms with Crippen LogP contribution in [0.4, 0.5) is 8.78 Å². The number of rotatable bonds is 2. The Bertz CT molecular complexity index is 253. The Morgan fingerprint density at radius 3 is 2.17 bits per heavy atom. The minimum absolute atomic E-state index is 0.00611. The minimum atomic E-state index is -0.676. The van der Waals surface area contributed by atoms with Crippen LogP contribution >= 0.6 is 0 Å². The summed E-state index contributed by atoms with van der Waals surface area (Å²) in [6, 6.07) is 2.97. The Morgan fingerprint density at radius 2 is 1.75 bits per heavy atom. The maximum absolute atomic E-state index is 12.6. The Hall–Kier alpha value is -0.960. The molecule has 1 N–H and O–H groups in total. The Balaban J connectivity index is 3.00. The molecule has 1 rings (SSSR count). The van der Waals surface area contributed by atoms with Crippen LogP contribution in [-0.4, -0.2) is 5.11 Å². The van der Waals surface area contributed by atoms with Gasteiger partial charge in [-0.2, -0.15) is 0 Å². The van der Waals surface area contributed by atoms with Gasteiger partial charge < -0.3 is 5.11 Å². The van der Waals surface area contributed by atoms with Crippen molar-refractivity contribution < 1.29 is 13.9 Å². The number of aliphatic hydroxyl groups is 1. The van der Waals surface area contributed by atoms with Gasteiger partial charge in [0, 0.05) is 6.07 Å². The standard InChI is InChI=1S/C9H9F2O/c1-2-9(12)6-3-7(10)5-8(11)4-6/h3-5,12H,2H2,1H3. The smallest absolute Gasteiger partial charge is 0.126 e. The van der Waals surface area contributed by atoms with E-state index in [-0.39, 0.29) is 11.7 Å². The maximum atomic E-state index is 12.6. The lowest BCUT2D eigenvalue weighted by molar-refractivity contribution is 0.317. The molecule has 0 aliphatic rings. The molecule has 0 saturated carbocycles. The summed E-state index contributed by atoms with van der Waals surface area (Å²) in [5.74, 6) is -1.35. The molecule has 0 amide bonds. The molecule has 0 heterocycles. The van der Waals surface area contributed by atoms with Crippen molar-refractivity contribution in [3.63, 3.8) is 0 Å². The van der Waals surface area contributed by atoms with Gasteiger partial charge in [0.1, 0.15) is 17.7 Å². The summed E-state index contributed by atoms with van der Waals surface area (Å²) in [7, 11) is 0. The van der Waals surface area contributed by atoms with E-state index in [2.05, 4.69) is 0 Å². The second-order valence-corrected chi connectivity index (χ2v) is 2.46. The summed E-state index contributed by atoms with van der Waals surface area (Å²) in [5.41, 5.74) is 0.204. The van der Waals surface area contributed by atoms with Crippen LogP contribution < -0.4 is 0 Å². The molecular weight excluding hydrogens is 162 g/mol. The zero-order valence-electron chi connectivity index (χ0n) is 6.64. The normalized spacial score (nSPS) is 10.8. The first-order valence-electron chi connectivity index (χ1n) is 3.64. The van der Waals surface area contributed by atoms with Crippen molar-refractivity contribution in [2.45, 2.75) is 13.3 Å². The molecule has 1 radical (unpaired) electrons. The topological polar surface area (TPSA) is 20.2 Å². The number of halogens is 2. The molecule has 0 fully saturated rings. The fourth-order valence-corrected chi connectivity index (χ4v) is 0.925. The highest BCUT2D eigenvalue weighted by Crippen LogP contribution is 2.17. The van der Waals surface area contributed by atoms with Gasteiger partial charge in [-0.3, -0.25) is 0 Å². The summed E-state index contributed by atoms with van der Waals surface area (Å²) in [5, 5.41) is 9.16. The van der Waals surface area contributed by atoms with E-state index in [0.717, 1.165) is 18.2 Å². The molecule has 12 heavy (non-hydrogen) atoms. The molecule has 0 bridgehead atoms. The average Bonchev–Trinajstić information content (AvgIpc) is 2.01. The molecule has 3 heteroatoms. The molecule has 0 aromatic heterocycles. The van der Waals surface area contributed by atoms with E-state index in [1.165, 1.54) is 0 Å². The monoisotopic (exact) mass is 171 g/mol. The van der Waals surface area contributed by atoms with Crippen molar-refractivity contribution in [3.8, 4) is 0 Å². The van der Waals surface area contributed by atoms with Crippen LogP contribution in [0.2, 0.25) is 0 Å². The number of benzene rings is 1. The van der Waals surface area contributed by atoms with Crippen molar-refractivity contribution in [2.24, 2.45) is 0 Å². The highest BCUT2D eigenvalue weighted by molar-refractivity contribution is 5.27. The third-order valence-corrected chi connectivity index (χ3v) is 1.53. The lowest BCUT2D eigenvalue weighted by Crippen LogP contribution is -1.97. The summed E-state index contributed by atoms with van der Waals surface area (Å²) >= 11 is 0. The minimum Gasteiger partial charge on any atom is -0.382 e. The SMILES string of the molecule is CC[C](O)c1cc(F)cc(F)c1. The first-order chi connectivity index (χ1) is 5.63. The summed E-state index contributed by atoms with van der Waals surface area (Å²) in [6.45, 7) is 1.71. The van der Waals surface area contributed by atoms with Gasteiger partial charge in [0.05, 0.1) is 0 Å². The molecule has 0 spiro atoms. The Kier molecular flexibility index (Phi) is 2.76. The quantitative estimate of drug-likeness (QED) is 0.725. The highest BCUT2D eigenvalue weighted by atomic mass is 19.1. The lowest BCUT2D eigenvalue weighted by Gasteiger charge is -2.06. The molecule has 0 aliphatic heterocycles. The molecule has 0 saturated heterocycles. The molecule has 0 atom stereocenters. The van der Waals surface area contributed by atoms with Gasteiger partial charge in [0.25, 0.3) is 0 Å². The molecule has 1 aromatic rings. The van der Waals surface area contributed by atoms with E-state index >= 15 is 0 Å². The third kappa shape index (κ3) is 2.01. The molecule has 0 aliphatic carbocycles. The second-order valence-electron chi connectivity index (χ2n) is 2.46. The third-order valence-electron chi connectivity index (χ3n) is 1.53. The summed E-state index contributed by atoms with van der Waals surface area (Å²) in [6.07, 6.45) is 0.358. The van der Waals surface area contributed by atoms with Crippen LogP contribution in [0.3, 0.4) is 0 Å². The predicted molar refractivity (Wildman–Crippen MR) is 40.9 cm³/mol. The highest BCUT2D eigenvalue weighted by Gasteiger charge is 2.08. The van der Waals surface area contributed by atoms with Crippen LogP contribution in [0.5, 0.6) is 0 Å². The van der Waals surface area contributed by atoms with E-state index < -0.39 is 11.6 Å². The second kappa shape index (κ2) is 3.63. The van der Waals surface area contributed by atoms with Crippen molar-refractivity contribution in [2.75, 3.05) is 0 Å². The molecule has 0 unspecified atom stereocenters. The van der Waals surface area contributed by atoms with Gasteiger partial charge in [-0.1, -0.05) is 6.92 Å². The van der Waals surface area contributed by atoms with Gasteiger partial charge in [-0.15, -0.1) is 0 Å². The first-order valence-corrected chi connectivity index (χ1v) is 3.64. The number of hydrogen-bond donors (Lipinski definition) is 1. The molecule has 1 aromatic carbocycles. The Morgan fingerprint density at radius 1 is 1.25 bits per heavy atom. The van der Waals surface area contributed by atoms with Crippen LogP contribution in [0, 0.1) is 17.7 Å². The molecule has 65 valence electrons. The van der Waals surface area contributed by atoms with Crippen LogP contribution in [-0.2, 0) is 0 Å². The maximum Gasteiger partial charge on any atom is 0.126 e. The van der Waals surface area contributed by atoms with Gasteiger partial charge in [0.15, 0.2) is 0 Å². The van der Waals surface area contributed by atoms with E-state index in [4.69, 9.17) is 5.11 Å². The van der Waals surface area contributed by atoms with Crippen molar-refractivity contribution in [1.29, 1.82) is 0 Å². The zero-order valence-corrected chi connectivity index (χ0v) is 6.64. The van der Waals surface area contributed by atoms with E-state index in [0.29, 0.717) is 6.42 Å². The Labute approximate surface area is 69.7 Å². The van der Waals surface area contributed by atoms with E-state index in [1.807, 2.05) is 0 Å². The van der Waals surface area contributed by atoms with E-state index in [1.54, 1.807) is 6.92 Å². The van der Waals surface area contributed by atoms with Gasteiger partial charge in [0.2, 0.25) is 0 Å². The lowest BCUT2D eigenvalue weighted by atomic mass is 10.1. The van der Waals surface area contributed by atoms with Gasteiger partial charge in [-0.05, 0) is 24.1 Å². The first kappa shape index (κ1) is 9.13. The molecular formula is C9H9F2O. The zero-order chi connectivity index (χ0) is 9.14. The van der Waals surface area contributed by atoms with E-state index in [9.17, 15) is 8.78 Å². The van der Waals surface area contributed by atoms with Crippen LogP contribution in [0.25, 0.3) is 0 Å². The number of hydrogen-bond acceptors (Lipinski definition) is 1. The van der Waals surface area contributed by atoms with Crippen molar-refractivity contribution in [1.82, 2.24) is 0 Å². The average molecular weight is 171 g/mol. The predicted octanol–water partition coefficient (Wildman–Crippen LogP) is 2.63. The fourth-order valence-electron chi connectivity index (χ4n) is 0.925. The number of aliphatic hydroxyl groups excluding tert-OH is 1. The van der Waals surface area contributed by atoms with Gasteiger partial charge >= 0.3 is 0 Å². The fraction of sp³-hybridized carbons (Fsp3) is 0.222. The largest absolute Gasteiger partial charge is 0.382 e. The van der Waals surface area contributed by atoms with Crippen molar-refractivity contribution in [3.05, 3.63) is 41.5 Å². The van der Waals surface area contributed by atoms with Crippen LogP contribution in [0.1, 0.15) is 18.9 Å². The van der Waals surface area contributed by atoms with Gasteiger partial charge in [-0.25, -0.2) is 8.78 Å². The summed E-state index contributed by atoms with van der Waals surface area (Å²) in [4.78, 5) is 0. The summed E-state index contributed by atoms with van der Waals surface area (Å²) < 4.78 is 25.1.